The van der Waals surface area contributed by atoms with Crippen LogP contribution in [-0.4, -0.2) is 14.1 Å². The van der Waals surface area contributed by atoms with E-state index in [1.54, 1.807) is 0 Å². The first-order valence-corrected chi connectivity index (χ1v) is 5.58. The van der Waals surface area contributed by atoms with Crippen molar-refractivity contribution in [3.63, 3.8) is 0 Å². The summed E-state index contributed by atoms with van der Waals surface area (Å²) >= 11 is 0. The van der Waals surface area contributed by atoms with Crippen molar-refractivity contribution in [1.29, 1.82) is 0 Å². The highest BCUT2D eigenvalue weighted by atomic mass is 14.7. The molecule has 0 heterocycles. The van der Waals surface area contributed by atoms with Crippen molar-refractivity contribution in [1.82, 2.24) is 5.32 Å². The molecule has 0 bridgehead atoms. The number of rotatable bonds is 4. The molecule has 0 radical (unpaired) electrons. The van der Waals surface area contributed by atoms with Gasteiger partial charge in [-0.15, -0.1) is 0 Å². The lowest BCUT2D eigenvalue weighted by Gasteiger charge is -2.03. The van der Waals surface area contributed by atoms with E-state index in [1.807, 2.05) is 20.2 Å². The standard InChI is InChI=1S/C12H16.C2H7N/c1-3-5-8-12-10-7-6-9-11(12)4-2;1-3-2/h4,6-7,9-10H,2-3,5,8H2,1H3;3H,1-2H3. The van der Waals surface area contributed by atoms with Gasteiger partial charge < -0.3 is 5.32 Å². The van der Waals surface area contributed by atoms with Crippen LogP contribution in [0.2, 0.25) is 0 Å². The first kappa shape index (κ1) is 13.9. The summed E-state index contributed by atoms with van der Waals surface area (Å²) in [6.45, 7) is 6.02. The molecule has 0 fully saturated rings. The van der Waals surface area contributed by atoms with Crippen LogP contribution >= 0.6 is 0 Å². The number of unbranched alkanes of at least 4 members (excludes halogenated alkanes) is 1. The Morgan fingerprint density at radius 3 is 2.40 bits per heavy atom. The molecule has 1 aromatic carbocycles. The van der Waals surface area contributed by atoms with E-state index in [-0.39, 0.29) is 0 Å². The quantitative estimate of drug-likeness (QED) is 0.793. The molecule has 0 aliphatic carbocycles. The lowest BCUT2D eigenvalue weighted by atomic mass is 10.0. The van der Waals surface area contributed by atoms with Crippen LogP contribution in [0.3, 0.4) is 0 Å². The van der Waals surface area contributed by atoms with Crippen LogP contribution in [0, 0.1) is 0 Å². The third-order valence-corrected chi connectivity index (χ3v) is 2.07. The number of hydrogen-bond acceptors (Lipinski definition) is 1. The van der Waals surface area contributed by atoms with Crippen LogP contribution in [0.25, 0.3) is 6.08 Å². The van der Waals surface area contributed by atoms with E-state index < -0.39 is 0 Å². The van der Waals surface area contributed by atoms with Gasteiger partial charge in [0.2, 0.25) is 0 Å². The molecule has 0 aliphatic heterocycles. The molecule has 1 nitrogen and oxygen atoms in total. The maximum Gasteiger partial charge on any atom is -0.0167 e. The van der Waals surface area contributed by atoms with Crippen molar-refractivity contribution >= 4 is 6.08 Å². The molecule has 0 saturated carbocycles. The molecule has 0 atom stereocenters. The first-order valence-electron chi connectivity index (χ1n) is 5.58. The third kappa shape index (κ3) is 6.08. The van der Waals surface area contributed by atoms with E-state index in [2.05, 4.69) is 43.1 Å². The van der Waals surface area contributed by atoms with Crippen molar-refractivity contribution in [2.75, 3.05) is 14.1 Å². The second kappa shape index (κ2) is 9.47. The molecule has 0 spiro atoms. The molecular formula is C14H23N. The number of hydrogen-bond donors (Lipinski definition) is 1. The highest BCUT2D eigenvalue weighted by Gasteiger charge is 1.95. The van der Waals surface area contributed by atoms with E-state index in [0.29, 0.717) is 0 Å². The molecule has 1 aromatic rings. The van der Waals surface area contributed by atoms with Crippen molar-refractivity contribution < 1.29 is 0 Å². The fraction of sp³-hybridized carbons (Fsp3) is 0.429. The summed E-state index contributed by atoms with van der Waals surface area (Å²) in [5.41, 5.74) is 2.71. The Balaban J connectivity index is 0.000000583. The lowest BCUT2D eigenvalue weighted by Crippen LogP contribution is -1.89. The summed E-state index contributed by atoms with van der Waals surface area (Å²) in [7, 11) is 3.75. The molecule has 1 heteroatoms. The monoisotopic (exact) mass is 205 g/mol. The molecular weight excluding hydrogens is 182 g/mol. The van der Waals surface area contributed by atoms with Crippen LogP contribution < -0.4 is 5.32 Å². The number of aryl methyl sites for hydroxylation is 1. The Labute approximate surface area is 94.2 Å². The second-order valence-electron chi connectivity index (χ2n) is 3.51. The Hall–Kier alpha value is -1.08. The zero-order valence-electron chi connectivity index (χ0n) is 10.2. The summed E-state index contributed by atoms with van der Waals surface area (Å²) < 4.78 is 0. The smallest absolute Gasteiger partial charge is 0.0167 e. The molecule has 15 heavy (non-hydrogen) atoms. The van der Waals surface area contributed by atoms with E-state index in [9.17, 15) is 0 Å². The van der Waals surface area contributed by atoms with Gasteiger partial charge in [0, 0.05) is 0 Å². The third-order valence-electron chi connectivity index (χ3n) is 2.07. The minimum Gasteiger partial charge on any atom is -0.323 e. The van der Waals surface area contributed by atoms with E-state index in [0.717, 1.165) is 0 Å². The van der Waals surface area contributed by atoms with Crippen LogP contribution in [0.5, 0.6) is 0 Å². The van der Waals surface area contributed by atoms with Crippen LogP contribution in [-0.2, 0) is 6.42 Å². The molecule has 0 aliphatic rings. The Morgan fingerprint density at radius 1 is 1.27 bits per heavy atom. The Kier molecular flexibility index (Phi) is 8.79. The summed E-state index contributed by atoms with van der Waals surface area (Å²) in [4.78, 5) is 0. The van der Waals surface area contributed by atoms with Crippen LogP contribution in [0.1, 0.15) is 30.9 Å². The van der Waals surface area contributed by atoms with Gasteiger partial charge in [-0.1, -0.05) is 50.3 Å². The van der Waals surface area contributed by atoms with Gasteiger partial charge in [-0.2, -0.15) is 0 Å². The van der Waals surface area contributed by atoms with Gasteiger partial charge in [0.05, 0.1) is 0 Å². The normalized spacial score (nSPS) is 9.00. The molecule has 0 aromatic heterocycles. The number of nitrogens with one attached hydrogen (secondary N) is 1. The Morgan fingerprint density at radius 2 is 1.87 bits per heavy atom. The zero-order chi connectivity index (χ0) is 11.5. The molecule has 1 rings (SSSR count). The highest BCUT2D eigenvalue weighted by molar-refractivity contribution is 5.51. The average Bonchev–Trinajstić information content (AvgIpc) is 2.28. The fourth-order valence-corrected chi connectivity index (χ4v) is 1.33. The zero-order valence-corrected chi connectivity index (χ0v) is 10.2. The minimum atomic E-state index is 1.18. The molecule has 0 amide bonds. The number of benzene rings is 1. The van der Waals surface area contributed by atoms with Crippen molar-refractivity contribution in [2.45, 2.75) is 26.2 Å². The summed E-state index contributed by atoms with van der Waals surface area (Å²) in [5, 5.41) is 2.75. The summed E-state index contributed by atoms with van der Waals surface area (Å²) in [6, 6.07) is 8.47. The van der Waals surface area contributed by atoms with Crippen molar-refractivity contribution in [3.05, 3.63) is 42.0 Å². The molecule has 0 saturated heterocycles. The maximum absolute atomic E-state index is 3.80. The van der Waals surface area contributed by atoms with Gasteiger partial charge in [0.25, 0.3) is 0 Å². The predicted octanol–water partition coefficient (Wildman–Crippen LogP) is 3.51. The Bertz CT molecular complexity index is 266. The van der Waals surface area contributed by atoms with Gasteiger partial charge in [-0.3, -0.25) is 0 Å². The van der Waals surface area contributed by atoms with Gasteiger partial charge >= 0.3 is 0 Å². The molecule has 0 unspecified atom stereocenters. The van der Waals surface area contributed by atoms with E-state index in [1.165, 1.54) is 30.4 Å². The SMILES string of the molecule is C=Cc1ccccc1CCCC.CNC. The van der Waals surface area contributed by atoms with Crippen LogP contribution in [0.15, 0.2) is 30.8 Å². The van der Waals surface area contributed by atoms with Crippen molar-refractivity contribution in [3.8, 4) is 0 Å². The highest BCUT2D eigenvalue weighted by Crippen LogP contribution is 2.12. The first-order chi connectivity index (χ1) is 7.29. The molecule has 1 N–H and O–H groups in total. The van der Waals surface area contributed by atoms with Gasteiger partial charge in [0.1, 0.15) is 0 Å². The van der Waals surface area contributed by atoms with E-state index >= 15 is 0 Å². The minimum absolute atomic E-state index is 1.18. The van der Waals surface area contributed by atoms with Gasteiger partial charge in [0.15, 0.2) is 0 Å². The largest absolute Gasteiger partial charge is 0.323 e. The predicted molar refractivity (Wildman–Crippen MR) is 70.1 cm³/mol. The summed E-state index contributed by atoms with van der Waals surface area (Å²) in [5.74, 6) is 0. The fourth-order valence-electron chi connectivity index (χ4n) is 1.33. The van der Waals surface area contributed by atoms with Gasteiger partial charge in [-0.05, 0) is 38.1 Å². The van der Waals surface area contributed by atoms with Crippen LogP contribution in [0.4, 0.5) is 0 Å². The average molecular weight is 205 g/mol. The molecule has 84 valence electrons. The maximum atomic E-state index is 3.80. The lowest BCUT2D eigenvalue weighted by molar-refractivity contribution is 0.794. The topological polar surface area (TPSA) is 12.0 Å². The van der Waals surface area contributed by atoms with E-state index in [4.69, 9.17) is 0 Å². The summed E-state index contributed by atoms with van der Waals surface area (Å²) in [6.07, 6.45) is 5.64. The second-order valence-corrected chi connectivity index (χ2v) is 3.51. The van der Waals surface area contributed by atoms with Crippen molar-refractivity contribution in [2.24, 2.45) is 0 Å². The van der Waals surface area contributed by atoms with Gasteiger partial charge in [-0.25, -0.2) is 0 Å².